The van der Waals surface area contributed by atoms with Crippen LogP contribution in [0.5, 0.6) is 5.75 Å². The first kappa shape index (κ1) is 12.7. The van der Waals surface area contributed by atoms with Gasteiger partial charge in [0, 0.05) is 29.4 Å². The molecule has 4 nitrogen and oxygen atoms in total. The summed E-state index contributed by atoms with van der Waals surface area (Å²) in [6.07, 6.45) is 3.90. The van der Waals surface area contributed by atoms with Gasteiger partial charge in [-0.2, -0.15) is 0 Å². The zero-order valence-corrected chi connectivity index (χ0v) is 11.0. The van der Waals surface area contributed by atoms with Crippen LogP contribution in [0, 0.1) is 0 Å². The lowest BCUT2D eigenvalue weighted by atomic mass is 10.0. The van der Waals surface area contributed by atoms with Crippen LogP contribution in [0.15, 0.2) is 48.7 Å². The summed E-state index contributed by atoms with van der Waals surface area (Å²) < 4.78 is 0. The van der Waals surface area contributed by atoms with E-state index in [1.165, 1.54) is 12.1 Å². The van der Waals surface area contributed by atoms with Crippen molar-refractivity contribution in [3.05, 3.63) is 59.9 Å². The first-order valence-electron chi connectivity index (χ1n) is 6.68. The topological polar surface area (TPSA) is 62.2 Å². The molecule has 1 saturated carbocycles. The summed E-state index contributed by atoms with van der Waals surface area (Å²) >= 11 is 0. The van der Waals surface area contributed by atoms with E-state index in [4.69, 9.17) is 0 Å². The molecule has 0 aliphatic heterocycles. The lowest BCUT2D eigenvalue weighted by Gasteiger charge is -2.15. The Morgan fingerprint density at radius 2 is 1.95 bits per heavy atom. The number of benzene rings is 1. The summed E-state index contributed by atoms with van der Waals surface area (Å²) in [6.45, 7) is 0.601. The Bertz CT molecular complexity index is 604. The van der Waals surface area contributed by atoms with Crippen LogP contribution < -0.4 is 5.32 Å². The molecule has 4 heteroatoms. The molecule has 2 aromatic rings. The van der Waals surface area contributed by atoms with Crippen molar-refractivity contribution in [2.24, 2.45) is 0 Å². The third-order valence-corrected chi connectivity index (χ3v) is 3.78. The van der Waals surface area contributed by atoms with Gasteiger partial charge in [-0.1, -0.05) is 6.07 Å². The molecule has 2 N–H and O–H groups in total. The summed E-state index contributed by atoms with van der Waals surface area (Å²) in [5.41, 5.74) is 1.61. The molecule has 0 unspecified atom stereocenters. The van der Waals surface area contributed by atoms with Crippen molar-refractivity contribution in [2.75, 3.05) is 6.54 Å². The van der Waals surface area contributed by atoms with E-state index in [0.717, 1.165) is 18.5 Å². The molecule has 1 heterocycles. The molecule has 0 radical (unpaired) electrons. The van der Waals surface area contributed by atoms with Gasteiger partial charge < -0.3 is 10.4 Å². The van der Waals surface area contributed by atoms with Crippen LogP contribution in [0.2, 0.25) is 0 Å². The van der Waals surface area contributed by atoms with Gasteiger partial charge in [0.05, 0.1) is 0 Å². The summed E-state index contributed by atoms with van der Waals surface area (Å²) in [4.78, 5) is 16.4. The van der Waals surface area contributed by atoms with E-state index in [9.17, 15) is 9.90 Å². The van der Waals surface area contributed by atoms with E-state index in [-0.39, 0.29) is 17.1 Å². The molecule has 1 aromatic carbocycles. The second-order valence-corrected chi connectivity index (χ2v) is 5.22. The molecule has 3 rings (SSSR count). The first-order valence-corrected chi connectivity index (χ1v) is 6.68. The zero-order chi connectivity index (χ0) is 14.0. The molecule has 1 fully saturated rings. The smallest absolute Gasteiger partial charge is 0.251 e. The minimum absolute atomic E-state index is 0.00778. The molecule has 20 heavy (non-hydrogen) atoms. The SMILES string of the molecule is O=C(NCC1(c2ccccn2)CC1)c1ccc(O)cc1. The molecule has 102 valence electrons. The molecule has 1 aromatic heterocycles. The fourth-order valence-corrected chi connectivity index (χ4v) is 2.32. The minimum Gasteiger partial charge on any atom is -0.508 e. The van der Waals surface area contributed by atoms with Gasteiger partial charge in [-0.25, -0.2) is 0 Å². The van der Waals surface area contributed by atoms with Crippen LogP contribution in [-0.4, -0.2) is 22.5 Å². The number of amides is 1. The van der Waals surface area contributed by atoms with Crippen LogP contribution in [0.3, 0.4) is 0 Å². The Labute approximate surface area is 117 Å². The Morgan fingerprint density at radius 1 is 1.20 bits per heavy atom. The highest BCUT2D eigenvalue weighted by Crippen LogP contribution is 2.46. The average Bonchev–Trinajstić information content (AvgIpc) is 3.28. The highest BCUT2D eigenvalue weighted by Gasteiger charge is 2.45. The average molecular weight is 268 g/mol. The highest BCUT2D eigenvalue weighted by molar-refractivity contribution is 5.94. The zero-order valence-electron chi connectivity index (χ0n) is 11.0. The van der Waals surface area contributed by atoms with Crippen molar-refractivity contribution in [2.45, 2.75) is 18.3 Å². The lowest BCUT2D eigenvalue weighted by molar-refractivity contribution is 0.0949. The van der Waals surface area contributed by atoms with Gasteiger partial charge in [-0.05, 0) is 49.2 Å². The molecule has 0 spiro atoms. The van der Waals surface area contributed by atoms with E-state index in [1.807, 2.05) is 18.2 Å². The van der Waals surface area contributed by atoms with Gasteiger partial charge in [0.2, 0.25) is 0 Å². The van der Waals surface area contributed by atoms with E-state index in [0.29, 0.717) is 12.1 Å². The monoisotopic (exact) mass is 268 g/mol. The molecular formula is C16H16N2O2. The molecule has 0 atom stereocenters. The summed E-state index contributed by atoms with van der Waals surface area (Å²) in [6, 6.07) is 12.1. The van der Waals surface area contributed by atoms with Crippen LogP contribution in [0.25, 0.3) is 0 Å². The molecular weight excluding hydrogens is 252 g/mol. The van der Waals surface area contributed by atoms with Crippen LogP contribution in [-0.2, 0) is 5.41 Å². The van der Waals surface area contributed by atoms with E-state index < -0.39 is 0 Å². The normalized spacial score (nSPS) is 15.6. The number of aromatic nitrogens is 1. The van der Waals surface area contributed by atoms with Crippen molar-refractivity contribution in [1.82, 2.24) is 10.3 Å². The molecule has 1 aliphatic carbocycles. The van der Waals surface area contributed by atoms with Crippen LogP contribution in [0.1, 0.15) is 28.9 Å². The van der Waals surface area contributed by atoms with E-state index in [2.05, 4.69) is 10.3 Å². The predicted molar refractivity (Wildman–Crippen MR) is 75.6 cm³/mol. The molecule has 0 bridgehead atoms. The third kappa shape index (κ3) is 2.50. The van der Waals surface area contributed by atoms with Gasteiger partial charge in [-0.15, -0.1) is 0 Å². The standard InChI is InChI=1S/C16H16N2O2/c19-13-6-4-12(5-7-13)15(20)18-11-16(8-9-16)14-3-1-2-10-17-14/h1-7,10,19H,8-9,11H2,(H,18,20). The van der Waals surface area contributed by atoms with Gasteiger partial charge in [0.1, 0.15) is 5.75 Å². The van der Waals surface area contributed by atoms with Crippen molar-refractivity contribution in [1.29, 1.82) is 0 Å². The van der Waals surface area contributed by atoms with Crippen molar-refractivity contribution >= 4 is 5.91 Å². The van der Waals surface area contributed by atoms with Crippen LogP contribution in [0.4, 0.5) is 0 Å². The second-order valence-electron chi connectivity index (χ2n) is 5.22. The molecule has 0 saturated heterocycles. The number of phenols is 1. The second kappa shape index (κ2) is 4.96. The summed E-state index contributed by atoms with van der Waals surface area (Å²) in [7, 11) is 0. The first-order chi connectivity index (χ1) is 9.70. The van der Waals surface area contributed by atoms with Crippen molar-refractivity contribution < 1.29 is 9.90 Å². The van der Waals surface area contributed by atoms with E-state index >= 15 is 0 Å². The lowest BCUT2D eigenvalue weighted by Crippen LogP contribution is -2.32. The molecule has 1 aliphatic rings. The molecule has 1 amide bonds. The Morgan fingerprint density at radius 3 is 2.55 bits per heavy atom. The maximum absolute atomic E-state index is 12.0. The fourth-order valence-electron chi connectivity index (χ4n) is 2.32. The quantitative estimate of drug-likeness (QED) is 0.894. The highest BCUT2D eigenvalue weighted by atomic mass is 16.3. The maximum Gasteiger partial charge on any atom is 0.251 e. The van der Waals surface area contributed by atoms with E-state index in [1.54, 1.807) is 18.3 Å². The Kier molecular flexibility index (Phi) is 3.14. The predicted octanol–water partition coefficient (Wildman–Crippen LogP) is 2.25. The van der Waals surface area contributed by atoms with Gasteiger partial charge in [-0.3, -0.25) is 9.78 Å². The number of carbonyl (C=O) groups is 1. The number of pyridine rings is 1. The number of rotatable bonds is 4. The van der Waals surface area contributed by atoms with Crippen LogP contribution >= 0.6 is 0 Å². The number of aromatic hydroxyl groups is 1. The number of nitrogens with zero attached hydrogens (tertiary/aromatic N) is 1. The summed E-state index contributed by atoms with van der Waals surface area (Å²) in [5, 5.41) is 12.2. The maximum atomic E-state index is 12.0. The number of phenolic OH excluding ortho intramolecular Hbond substituents is 1. The largest absolute Gasteiger partial charge is 0.508 e. The Hall–Kier alpha value is -2.36. The summed E-state index contributed by atoms with van der Waals surface area (Å²) in [5.74, 6) is 0.0425. The number of carbonyl (C=O) groups excluding carboxylic acids is 1. The fraction of sp³-hybridized carbons (Fsp3) is 0.250. The van der Waals surface area contributed by atoms with Gasteiger partial charge in [0.15, 0.2) is 0 Å². The number of nitrogens with one attached hydrogen (secondary N) is 1. The van der Waals surface area contributed by atoms with Crippen molar-refractivity contribution in [3.63, 3.8) is 0 Å². The van der Waals surface area contributed by atoms with Gasteiger partial charge >= 0.3 is 0 Å². The van der Waals surface area contributed by atoms with Crippen molar-refractivity contribution in [3.8, 4) is 5.75 Å². The van der Waals surface area contributed by atoms with Gasteiger partial charge in [0.25, 0.3) is 5.91 Å². The Balaban J connectivity index is 1.65. The number of hydrogen-bond donors (Lipinski definition) is 2. The minimum atomic E-state index is -0.118. The third-order valence-electron chi connectivity index (χ3n) is 3.78. The number of hydrogen-bond acceptors (Lipinski definition) is 3.